The molecule has 1 heterocycles. The molecule has 382 valence electrons. The minimum atomic E-state index is -4.96. The molecule has 1 saturated heterocycles. The van der Waals surface area contributed by atoms with Gasteiger partial charge in [0.25, 0.3) is 0 Å². The van der Waals surface area contributed by atoms with Crippen molar-refractivity contribution in [3.63, 3.8) is 0 Å². The van der Waals surface area contributed by atoms with Gasteiger partial charge in [-0.1, -0.05) is 80.4 Å². The van der Waals surface area contributed by atoms with Gasteiger partial charge in [0.1, 0.15) is 23.6 Å². The Labute approximate surface area is 425 Å². The van der Waals surface area contributed by atoms with Gasteiger partial charge in [-0.15, -0.1) is 26.3 Å². The molecule has 20 heteroatoms. The first-order chi connectivity index (χ1) is 33.3. The van der Waals surface area contributed by atoms with Crippen LogP contribution in [0.25, 0.3) is 0 Å². The number of nitrogens with zero attached hydrogens (tertiary/aromatic N) is 3. The zero-order valence-electron chi connectivity index (χ0n) is 39.6. The smallest absolute Gasteiger partial charge is 0.406 e. The van der Waals surface area contributed by atoms with Gasteiger partial charge in [0.15, 0.2) is 0 Å². The van der Waals surface area contributed by atoms with E-state index in [1.165, 1.54) is 29.2 Å². The van der Waals surface area contributed by atoms with Gasteiger partial charge < -0.3 is 40.5 Å². The summed E-state index contributed by atoms with van der Waals surface area (Å²) in [4.78, 5) is 63.2. The van der Waals surface area contributed by atoms with Gasteiger partial charge in [-0.3, -0.25) is 19.2 Å². The third-order valence-electron chi connectivity index (χ3n) is 13.7. The molecule has 2 aliphatic carbocycles. The van der Waals surface area contributed by atoms with Gasteiger partial charge in [0.2, 0.25) is 23.6 Å². The fourth-order valence-corrected chi connectivity index (χ4v) is 10.1. The van der Waals surface area contributed by atoms with Crippen LogP contribution in [0.5, 0.6) is 11.5 Å². The van der Waals surface area contributed by atoms with E-state index in [-0.39, 0.29) is 31.1 Å². The van der Waals surface area contributed by atoms with Crippen LogP contribution in [0.2, 0.25) is 0 Å². The number of hydrogen-bond donors (Lipinski definition) is 3. The summed E-state index contributed by atoms with van der Waals surface area (Å²) in [6.45, 7) is 3.56. The summed E-state index contributed by atoms with van der Waals surface area (Å²) in [6, 6.07) is 20.8. The van der Waals surface area contributed by atoms with Crippen LogP contribution in [0.3, 0.4) is 0 Å². The fourth-order valence-electron chi connectivity index (χ4n) is 9.29. The fraction of sp³-hybridized carbons (Fsp3) is 0.451. The number of carbonyl (C=O) groups excluding carboxylic acids is 4. The summed E-state index contributed by atoms with van der Waals surface area (Å²) >= 11 is 7.13. The van der Waals surface area contributed by atoms with Gasteiger partial charge in [-0.05, 0) is 123 Å². The zero-order valence-corrected chi connectivity index (χ0v) is 42.7. The van der Waals surface area contributed by atoms with E-state index < -0.39 is 70.4 Å². The van der Waals surface area contributed by atoms with Crippen LogP contribution in [-0.4, -0.2) is 116 Å². The van der Waals surface area contributed by atoms with Crippen molar-refractivity contribution in [1.82, 2.24) is 25.3 Å². The van der Waals surface area contributed by atoms with Crippen LogP contribution in [-0.2, 0) is 42.8 Å². The number of halogens is 8. The van der Waals surface area contributed by atoms with Crippen molar-refractivity contribution in [2.75, 3.05) is 47.3 Å². The average Bonchev–Trinajstić information content (AvgIpc) is 4.24. The summed E-state index contributed by atoms with van der Waals surface area (Å²) in [5.74, 6) is -3.18. The summed E-state index contributed by atoms with van der Waals surface area (Å²) in [5, 5.41) is 6.04. The van der Waals surface area contributed by atoms with Crippen LogP contribution >= 0.6 is 31.9 Å². The highest BCUT2D eigenvalue weighted by Crippen LogP contribution is 2.62. The molecule has 4 aromatic carbocycles. The number of ether oxygens (including phenoxy) is 2. The molecule has 12 nitrogen and oxygen atoms in total. The molecule has 3 aliphatic rings. The third-order valence-corrected chi connectivity index (χ3v) is 15.0. The van der Waals surface area contributed by atoms with Gasteiger partial charge in [-0.25, -0.2) is 0 Å². The molecule has 4 amide bonds. The Morgan fingerprint density at radius 1 is 0.718 bits per heavy atom. The number of benzene rings is 4. The normalized spacial score (nSPS) is 20.1. The summed E-state index contributed by atoms with van der Waals surface area (Å²) in [7, 11) is 5.34. The number of nitrogens with one attached hydrogen (secondary N) is 2. The highest BCUT2D eigenvalue weighted by Gasteiger charge is 2.62. The van der Waals surface area contributed by atoms with Crippen LogP contribution in [0.4, 0.5) is 26.3 Å². The largest absolute Gasteiger partial charge is 0.573 e. The molecular weight excluding hydrogens is 1070 g/mol. The predicted octanol–water partition coefficient (Wildman–Crippen LogP) is 8.28. The first kappa shape index (κ1) is 53.6. The van der Waals surface area contributed by atoms with Gasteiger partial charge in [0.05, 0.1) is 10.8 Å². The molecule has 0 radical (unpaired) electrons. The van der Waals surface area contributed by atoms with E-state index in [1.54, 1.807) is 24.1 Å². The van der Waals surface area contributed by atoms with Gasteiger partial charge in [0, 0.05) is 66.5 Å². The second-order valence-corrected chi connectivity index (χ2v) is 21.2. The second-order valence-electron chi connectivity index (χ2n) is 19.4. The number of likely N-dealkylation sites (tertiary alicyclic amines) is 1. The van der Waals surface area contributed by atoms with Crippen molar-refractivity contribution in [3.8, 4) is 11.5 Å². The Morgan fingerprint density at radius 2 is 1.24 bits per heavy atom. The van der Waals surface area contributed by atoms with Crippen molar-refractivity contribution in [2.45, 2.75) is 99.0 Å². The lowest BCUT2D eigenvalue weighted by atomic mass is 9.88. The summed E-state index contributed by atoms with van der Waals surface area (Å²) in [6.07, 6.45) is -7.60. The molecular formula is C51H56Br2F6N6O6. The molecule has 4 N–H and O–H groups in total. The van der Waals surface area contributed by atoms with Crippen LogP contribution in [0.1, 0.15) is 72.8 Å². The number of rotatable bonds is 18. The molecule has 4 atom stereocenters. The molecule has 2 saturated carbocycles. The van der Waals surface area contributed by atoms with E-state index >= 15 is 4.79 Å². The number of piperidine rings is 1. The van der Waals surface area contributed by atoms with Crippen LogP contribution in [0, 0.1) is 0 Å². The van der Waals surface area contributed by atoms with Gasteiger partial charge >= 0.3 is 12.7 Å². The number of nitrogens with two attached hydrogens (primary N) is 1. The molecule has 71 heavy (non-hydrogen) atoms. The standard InChI is InChI=1S/C51H56Br2F6N6O6/c1-47(60)21-23-65(24-22-47)44(67)42(28-31-5-12-35(52)13-6-31)62-46(69)49(34-10-16-37(17-11-34)71-51(57,58)59)30-39(49)38-27-32(7-18-40(38)53)29-41(43(66)64(4)26-25-63(2)3)61-45(68)48(19-20-48)33-8-14-36(15-9-33)70-50(54,55)56/h5-18,27,39,41-42H,19-26,28-30,60H2,1-4H3,(H,61,68)(H,62,69). The molecule has 0 bridgehead atoms. The molecule has 3 fully saturated rings. The Bertz CT molecular complexity index is 2570. The first-order valence-corrected chi connectivity index (χ1v) is 24.7. The molecule has 4 unspecified atom stereocenters. The Morgan fingerprint density at radius 3 is 1.77 bits per heavy atom. The maximum absolute atomic E-state index is 15.1. The number of carbonyl (C=O) groups is 4. The Kier molecular flexibility index (Phi) is 15.9. The van der Waals surface area contributed by atoms with Gasteiger partial charge in [-0.2, -0.15) is 0 Å². The maximum atomic E-state index is 15.1. The summed E-state index contributed by atoms with van der Waals surface area (Å²) in [5.41, 5.74) is 6.36. The Balaban J connectivity index is 1.20. The van der Waals surface area contributed by atoms with Crippen molar-refractivity contribution in [3.05, 3.63) is 128 Å². The first-order valence-electron chi connectivity index (χ1n) is 23.1. The second kappa shape index (κ2) is 21.1. The van der Waals surface area contributed by atoms with E-state index in [2.05, 4.69) is 52.0 Å². The predicted molar refractivity (Wildman–Crippen MR) is 260 cm³/mol. The Hall–Kier alpha value is -5.18. The van der Waals surface area contributed by atoms with Crippen molar-refractivity contribution >= 4 is 55.5 Å². The molecule has 4 aromatic rings. The highest BCUT2D eigenvalue weighted by molar-refractivity contribution is 9.10. The lowest BCUT2D eigenvalue weighted by Crippen LogP contribution is -2.56. The average molecular weight is 1120 g/mol. The SMILES string of the molecule is CN(C)CCN(C)C(=O)C(Cc1ccc(Br)c(C2CC2(C(=O)NC(Cc2ccc(Br)cc2)C(=O)N2CCC(C)(N)CC2)c2ccc(OC(F)(F)F)cc2)c1)NC(=O)C1(c2ccc(OC(F)(F)F)cc2)CC1. The maximum Gasteiger partial charge on any atom is 0.573 e. The van der Waals surface area contributed by atoms with Crippen LogP contribution in [0.15, 0.2) is 99.9 Å². The molecule has 1 aliphatic heterocycles. The van der Waals surface area contributed by atoms with Crippen molar-refractivity contribution in [1.29, 1.82) is 0 Å². The molecule has 0 spiro atoms. The number of hydrogen-bond acceptors (Lipinski definition) is 8. The monoisotopic (exact) mass is 1120 g/mol. The molecule has 0 aromatic heterocycles. The zero-order chi connectivity index (χ0) is 51.7. The molecule has 7 rings (SSSR count). The van der Waals surface area contributed by atoms with Crippen LogP contribution < -0.4 is 25.8 Å². The lowest BCUT2D eigenvalue weighted by Gasteiger charge is -2.38. The van der Waals surface area contributed by atoms with E-state index in [4.69, 9.17) is 5.73 Å². The van der Waals surface area contributed by atoms with E-state index in [0.717, 1.165) is 34.3 Å². The van der Waals surface area contributed by atoms with Crippen molar-refractivity contribution < 1.29 is 55.0 Å². The van der Waals surface area contributed by atoms with E-state index in [0.29, 0.717) is 78.6 Å². The number of amides is 4. The third kappa shape index (κ3) is 13.3. The number of likely N-dealkylation sites (N-methyl/N-ethyl adjacent to an activating group) is 2. The highest BCUT2D eigenvalue weighted by atomic mass is 79.9. The van der Waals surface area contributed by atoms with E-state index in [9.17, 15) is 40.7 Å². The topological polar surface area (TPSA) is 147 Å². The summed E-state index contributed by atoms with van der Waals surface area (Å²) < 4.78 is 88.3. The lowest BCUT2D eigenvalue weighted by molar-refractivity contribution is -0.275. The van der Waals surface area contributed by atoms with Crippen molar-refractivity contribution in [2.24, 2.45) is 5.73 Å². The minimum absolute atomic E-state index is 0.00242. The number of alkyl halides is 6. The minimum Gasteiger partial charge on any atom is -0.406 e. The quantitative estimate of drug-likeness (QED) is 0.0845. The van der Waals surface area contributed by atoms with E-state index in [1.807, 2.05) is 56.3 Å².